The third kappa shape index (κ3) is 3.45. The number of rotatable bonds is 3. The van der Waals surface area contributed by atoms with E-state index in [4.69, 9.17) is 11.6 Å². The standard InChI is InChI=1S/C14H14ClN3O/c1-9-10(2)17-18-14(9)16-13(19)7-6-11-4-3-5-12(15)8-11/h3-8H,1-2H3,(H2,16,17,18,19)/b7-6+. The van der Waals surface area contributed by atoms with Crippen LogP contribution in [0, 0.1) is 13.8 Å². The molecule has 2 N–H and O–H groups in total. The number of nitrogens with one attached hydrogen (secondary N) is 2. The number of halogens is 1. The number of aromatic nitrogens is 2. The van der Waals surface area contributed by atoms with E-state index in [1.165, 1.54) is 6.08 Å². The molecular formula is C14H14ClN3O. The third-order valence-electron chi connectivity index (χ3n) is 2.77. The summed E-state index contributed by atoms with van der Waals surface area (Å²) in [6.07, 6.45) is 3.16. The third-order valence-corrected chi connectivity index (χ3v) is 3.01. The maximum atomic E-state index is 11.7. The van der Waals surface area contributed by atoms with Gasteiger partial charge in [-0.15, -0.1) is 0 Å². The number of nitrogens with zero attached hydrogens (tertiary/aromatic N) is 1. The second kappa shape index (κ2) is 5.71. The van der Waals surface area contributed by atoms with Crippen LogP contribution in [0.25, 0.3) is 6.08 Å². The first kappa shape index (κ1) is 13.4. The van der Waals surface area contributed by atoms with Crippen molar-refractivity contribution in [1.29, 1.82) is 0 Å². The van der Waals surface area contributed by atoms with Crippen molar-refractivity contribution in [2.45, 2.75) is 13.8 Å². The molecular weight excluding hydrogens is 262 g/mol. The molecule has 0 bridgehead atoms. The summed E-state index contributed by atoms with van der Waals surface area (Å²) in [6, 6.07) is 7.28. The fraction of sp³-hybridized carbons (Fsp3) is 0.143. The van der Waals surface area contributed by atoms with Crippen LogP contribution in [0.3, 0.4) is 0 Å². The van der Waals surface area contributed by atoms with Gasteiger partial charge in [0.15, 0.2) is 5.82 Å². The van der Waals surface area contributed by atoms with Gasteiger partial charge in [0.2, 0.25) is 5.91 Å². The molecule has 1 amide bonds. The van der Waals surface area contributed by atoms with Crippen LogP contribution in [0.4, 0.5) is 5.82 Å². The lowest BCUT2D eigenvalue weighted by Crippen LogP contribution is -2.09. The Kier molecular flexibility index (Phi) is 4.02. The molecule has 0 fully saturated rings. The summed E-state index contributed by atoms with van der Waals surface area (Å²) in [5.41, 5.74) is 2.75. The molecule has 0 aliphatic carbocycles. The van der Waals surface area contributed by atoms with Crippen molar-refractivity contribution in [3.05, 3.63) is 52.2 Å². The topological polar surface area (TPSA) is 57.8 Å². The number of hydrogen-bond acceptors (Lipinski definition) is 2. The minimum absolute atomic E-state index is 0.227. The normalized spacial score (nSPS) is 10.9. The first-order valence-corrected chi connectivity index (χ1v) is 6.20. The number of benzene rings is 1. The molecule has 1 aromatic heterocycles. The summed E-state index contributed by atoms with van der Waals surface area (Å²) in [7, 11) is 0. The summed E-state index contributed by atoms with van der Waals surface area (Å²) in [5, 5.41) is 10.2. The second-order valence-corrected chi connectivity index (χ2v) is 4.64. The summed E-state index contributed by atoms with van der Waals surface area (Å²) in [5.74, 6) is 0.327. The molecule has 1 aromatic carbocycles. The van der Waals surface area contributed by atoms with Crippen LogP contribution in [0.1, 0.15) is 16.8 Å². The highest BCUT2D eigenvalue weighted by atomic mass is 35.5. The van der Waals surface area contributed by atoms with Crippen LogP contribution >= 0.6 is 11.6 Å². The van der Waals surface area contributed by atoms with Gasteiger partial charge in [-0.1, -0.05) is 23.7 Å². The highest BCUT2D eigenvalue weighted by Gasteiger charge is 2.06. The van der Waals surface area contributed by atoms with E-state index in [9.17, 15) is 4.79 Å². The van der Waals surface area contributed by atoms with E-state index in [1.807, 2.05) is 26.0 Å². The van der Waals surface area contributed by atoms with Gasteiger partial charge in [-0.3, -0.25) is 9.89 Å². The molecule has 1 heterocycles. The molecule has 0 saturated heterocycles. The van der Waals surface area contributed by atoms with Crippen LogP contribution in [-0.2, 0) is 4.79 Å². The molecule has 4 nitrogen and oxygen atoms in total. The number of hydrogen-bond donors (Lipinski definition) is 2. The maximum Gasteiger partial charge on any atom is 0.249 e. The van der Waals surface area contributed by atoms with Crippen molar-refractivity contribution in [3.63, 3.8) is 0 Å². The lowest BCUT2D eigenvalue weighted by Gasteiger charge is -1.99. The largest absolute Gasteiger partial charge is 0.305 e. The Morgan fingerprint density at radius 3 is 2.84 bits per heavy atom. The van der Waals surface area contributed by atoms with Gasteiger partial charge in [0.1, 0.15) is 0 Å². The summed E-state index contributed by atoms with van der Waals surface area (Å²) in [4.78, 5) is 11.7. The van der Waals surface area contributed by atoms with Gasteiger partial charge in [0, 0.05) is 22.4 Å². The summed E-state index contributed by atoms with van der Waals surface area (Å²) < 4.78 is 0. The number of H-pyrrole nitrogens is 1. The SMILES string of the molecule is Cc1[nH]nc(NC(=O)/C=C/c2cccc(Cl)c2)c1C. The van der Waals surface area contributed by atoms with Gasteiger partial charge in [0.25, 0.3) is 0 Å². The van der Waals surface area contributed by atoms with Gasteiger partial charge in [-0.25, -0.2) is 0 Å². The van der Waals surface area contributed by atoms with E-state index in [2.05, 4.69) is 15.5 Å². The summed E-state index contributed by atoms with van der Waals surface area (Å²) >= 11 is 5.86. The minimum atomic E-state index is -0.227. The Morgan fingerprint density at radius 1 is 1.42 bits per heavy atom. The van der Waals surface area contributed by atoms with Crippen LogP contribution in [0.15, 0.2) is 30.3 Å². The van der Waals surface area contributed by atoms with Gasteiger partial charge in [-0.2, -0.15) is 5.10 Å². The molecule has 0 aliphatic heterocycles. The first-order chi connectivity index (χ1) is 9.06. The number of carbonyl (C=O) groups excluding carboxylic acids is 1. The number of aromatic amines is 1. The second-order valence-electron chi connectivity index (χ2n) is 4.20. The van der Waals surface area contributed by atoms with Crippen LogP contribution in [0.5, 0.6) is 0 Å². The van der Waals surface area contributed by atoms with Crippen molar-refractivity contribution in [2.75, 3.05) is 5.32 Å². The Morgan fingerprint density at radius 2 is 2.21 bits per heavy atom. The predicted octanol–water partition coefficient (Wildman–Crippen LogP) is 3.33. The fourth-order valence-electron chi connectivity index (χ4n) is 1.55. The predicted molar refractivity (Wildman–Crippen MR) is 77.2 cm³/mol. The zero-order valence-corrected chi connectivity index (χ0v) is 11.5. The van der Waals surface area contributed by atoms with Crippen LogP contribution < -0.4 is 5.32 Å². The van der Waals surface area contributed by atoms with E-state index in [-0.39, 0.29) is 5.91 Å². The number of anilines is 1. The molecule has 5 heteroatoms. The molecule has 19 heavy (non-hydrogen) atoms. The zero-order valence-electron chi connectivity index (χ0n) is 10.7. The molecule has 0 saturated carbocycles. The average molecular weight is 276 g/mol. The fourth-order valence-corrected chi connectivity index (χ4v) is 1.75. The number of aryl methyl sites for hydroxylation is 1. The zero-order chi connectivity index (χ0) is 13.8. The molecule has 2 rings (SSSR count). The molecule has 0 atom stereocenters. The van der Waals surface area contributed by atoms with E-state index in [0.717, 1.165) is 16.8 Å². The number of amides is 1. The number of carbonyl (C=O) groups is 1. The van der Waals surface area contributed by atoms with Crippen molar-refractivity contribution in [3.8, 4) is 0 Å². The Bertz CT molecular complexity index is 631. The highest BCUT2D eigenvalue weighted by Crippen LogP contribution is 2.14. The lowest BCUT2D eigenvalue weighted by atomic mass is 10.2. The molecule has 0 spiro atoms. The summed E-state index contributed by atoms with van der Waals surface area (Å²) in [6.45, 7) is 3.80. The van der Waals surface area contributed by atoms with E-state index in [0.29, 0.717) is 10.8 Å². The van der Waals surface area contributed by atoms with E-state index < -0.39 is 0 Å². The maximum absolute atomic E-state index is 11.7. The molecule has 0 unspecified atom stereocenters. The molecule has 98 valence electrons. The van der Waals surface area contributed by atoms with Crippen LogP contribution in [0.2, 0.25) is 5.02 Å². The van der Waals surface area contributed by atoms with Gasteiger partial charge in [0.05, 0.1) is 0 Å². The monoisotopic (exact) mass is 275 g/mol. The lowest BCUT2D eigenvalue weighted by molar-refractivity contribution is -0.111. The van der Waals surface area contributed by atoms with Crippen molar-refractivity contribution in [1.82, 2.24) is 10.2 Å². The smallest absolute Gasteiger partial charge is 0.249 e. The minimum Gasteiger partial charge on any atom is -0.305 e. The first-order valence-electron chi connectivity index (χ1n) is 5.82. The molecule has 0 aliphatic rings. The quantitative estimate of drug-likeness (QED) is 0.844. The van der Waals surface area contributed by atoms with Gasteiger partial charge < -0.3 is 5.32 Å². The Balaban J connectivity index is 2.04. The Labute approximate surface area is 116 Å². The van der Waals surface area contributed by atoms with Crippen molar-refractivity contribution < 1.29 is 4.79 Å². The molecule has 2 aromatic rings. The highest BCUT2D eigenvalue weighted by molar-refractivity contribution is 6.30. The average Bonchev–Trinajstić information content (AvgIpc) is 2.69. The van der Waals surface area contributed by atoms with E-state index in [1.54, 1.807) is 18.2 Å². The van der Waals surface area contributed by atoms with Crippen molar-refractivity contribution in [2.24, 2.45) is 0 Å². The molecule has 0 radical (unpaired) electrons. The van der Waals surface area contributed by atoms with Crippen molar-refractivity contribution >= 4 is 29.4 Å². The Hall–Kier alpha value is -2.07. The van der Waals surface area contributed by atoms with Crippen LogP contribution in [-0.4, -0.2) is 16.1 Å². The van der Waals surface area contributed by atoms with Gasteiger partial charge >= 0.3 is 0 Å². The van der Waals surface area contributed by atoms with Gasteiger partial charge in [-0.05, 0) is 37.6 Å². The van der Waals surface area contributed by atoms with E-state index >= 15 is 0 Å².